The number of nitrogens with zero attached hydrogens (tertiary/aromatic N) is 4. The molecule has 0 saturated carbocycles. The summed E-state index contributed by atoms with van der Waals surface area (Å²) in [7, 11) is 0. The molecule has 0 spiro atoms. The van der Waals surface area contributed by atoms with Crippen LogP contribution < -0.4 is 42.6 Å². The van der Waals surface area contributed by atoms with Gasteiger partial charge in [0.15, 0.2) is 0 Å². The second-order valence-electron chi connectivity index (χ2n) is 7.68. The first-order valence-electron chi connectivity index (χ1n) is 11.6. The van der Waals surface area contributed by atoms with Crippen molar-refractivity contribution in [3.05, 3.63) is 116 Å². The van der Waals surface area contributed by atoms with Gasteiger partial charge in [-0.1, -0.05) is 72.9 Å². The predicted octanol–water partition coefficient (Wildman–Crippen LogP) is -3.26. The van der Waals surface area contributed by atoms with Crippen LogP contribution in [0.3, 0.4) is 0 Å². The first-order valence-corrected chi connectivity index (χ1v) is 11.6. The Kier molecular flexibility index (Phi) is 17.4. The van der Waals surface area contributed by atoms with Gasteiger partial charge in [-0.3, -0.25) is 0 Å². The molecule has 6 rings (SSSR count). The average Bonchev–Trinajstić information content (AvgIpc) is 2.98. The molecular formula is C28H32HoN6O6+. The van der Waals surface area contributed by atoms with Gasteiger partial charge in [-0.15, -0.1) is 22.7 Å². The standard InChI is InChI=1S/2C12H8N2.2C2H5NO2.Ho.2H2O/c2*1-3-9-5-6-10-4-2-8-14-12(10)11(9)13-7-1;2*3-1-2(4)5;;;/h2*1-8H;2*1,3H2,(H,4,5);;2*1H2/q2*-2;;;+3;;/p+2. The Morgan fingerprint density at radius 3 is 0.902 bits per heavy atom. The van der Waals surface area contributed by atoms with Gasteiger partial charge < -0.3 is 63.5 Å². The van der Waals surface area contributed by atoms with E-state index in [0.717, 1.165) is 43.6 Å². The van der Waals surface area contributed by atoms with E-state index in [0.29, 0.717) is 0 Å². The number of carbonyl (C=O) groups excluding carboxylic acids is 2. The van der Waals surface area contributed by atoms with Crippen molar-refractivity contribution in [2.75, 3.05) is 13.1 Å². The van der Waals surface area contributed by atoms with Gasteiger partial charge in [0, 0.05) is 0 Å². The van der Waals surface area contributed by atoms with Crippen LogP contribution >= 0.6 is 0 Å². The summed E-state index contributed by atoms with van der Waals surface area (Å²) in [5.74, 6) is -2.21. The fraction of sp³-hybridized carbons (Fsp3) is 0.0714. The summed E-state index contributed by atoms with van der Waals surface area (Å²) in [5.41, 5.74) is 9.96. The van der Waals surface area contributed by atoms with Crippen LogP contribution in [0.15, 0.2) is 73.4 Å². The number of hydrogen-bond donors (Lipinski definition) is 2. The van der Waals surface area contributed by atoms with Crippen molar-refractivity contribution in [1.82, 2.24) is 0 Å². The Hall–Kier alpha value is -3.88. The summed E-state index contributed by atoms with van der Waals surface area (Å²) in [6.45, 7) is -0.278. The maximum absolute atomic E-state index is 9.19. The smallest absolute Gasteiger partial charge is 0.665 e. The Bertz CT molecular complexity index is 1350. The number of quaternary nitrogens is 2. The minimum Gasteiger partial charge on any atom is -0.665 e. The molecule has 0 saturated heterocycles. The fourth-order valence-electron chi connectivity index (χ4n) is 3.36. The number of carboxylic acid groups (broad SMARTS) is 2. The van der Waals surface area contributed by atoms with Gasteiger partial charge in [0.1, 0.15) is 13.1 Å². The molecular weight excluding hydrogens is 681 g/mol. The van der Waals surface area contributed by atoms with E-state index in [1.54, 1.807) is 24.8 Å². The molecule has 220 valence electrons. The predicted molar refractivity (Wildman–Crippen MR) is 153 cm³/mol. The molecule has 0 fully saturated rings. The Morgan fingerprint density at radius 1 is 0.537 bits per heavy atom. The van der Waals surface area contributed by atoms with E-state index >= 15 is 0 Å². The molecule has 4 aliphatic heterocycles. The molecule has 0 unspecified atom stereocenters. The molecule has 0 aliphatic carbocycles. The van der Waals surface area contributed by atoms with E-state index in [1.165, 1.54) is 0 Å². The number of allylic oxidation sites excluding steroid dienone is 4. The van der Waals surface area contributed by atoms with Crippen LogP contribution in [0.2, 0.25) is 0 Å². The minimum atomic E-state index is -1.11. The van der Waals surface area contributed by atoms with Crippen LogP contribution in [0, 0.1) is 37.7 Å². The van der Waals surface area contributed by atoms with Crippen LogP contribution in [0.25, 0.3) is 45.6 Å². The molecule has 0 bridgehead atoms. The molecule has 12 N–H and O–H groups in total. The van der Waals surface area contributed by atoms with Gasteiger partial charge in [0.25, 0.3) is 0 Å². The summed E-state index contributed by atoms with van der Waals surface area (Å²) in [4.78, 5) is 18.4. The minimum absolute atomic E-state index is 0. The largest absolute Gasteiger partial charge is 3.00 e. The number of carbonyl (C=O) groups is 2. The topological polar surface area (TPSA) is 258 Å². The summed E-state index contributed by atoms with van der Waals surface area (Å²) >= 11 is 0. The van der Waals surface area contributed by atoms with Crippen molar-refractivity contribution in [2.45, 2.75) is 0 Å². The van der Waals surface area contributed by atoms with Gasteiger partial charge in [-0.2, -0.15) is 24.8 Å². The number of carboxylic acids is 2. The molecule has 13 heteroatoms. The summed E-state index contributed by atoms with van der Waals surface area (Å²) in [6, 6.07) is 8.30. The summed E-state index contributed by atoms with van der Waals surface area (Å²) in [5, 5.41) is 40.3. The van der Waals surface area contributed by atoms with Gasteiger partial charge in [0.05, 0.1) is 11.9 Å². The first kappa shape index (κ1) is 37.1. The van der Waals surface area contributed by atoms with E-state index in [-0.39, 0.29) is 61.8 Å². The third kappa shape index (κ3) is 10.9. The van der Waals surface area contributed by atoms with Gasteiger partial charge in [-0.05, 0) is 20.9 Å². The van der Waals surface area contributed by atoms with Crippen molar-refractivity contribution in [1.29, 1.82) is 0 Å². The number of benzene rings is 2. The summed E-state index contributed by atoms with van der Waals surface area (Å²) < 4.78 is 0. The monoisotopic (exact) mass is 713 g/mol. The van der Waals surface area contributed by atoms with Crippen LogP contribution in [-0.4, -0.2) is 25.0 Å². The normalized spacial score (nSPS) is 12.3. The van der Waals surface area contributed by atoms with Crippen LogP contribution in [0.4, 0.5) is 22.7 Å². The molecule has 2 aromatic rings. The maximum atomic E-state index is 9.19. The quantitative estimate of drug-likeness (QED) is 0.240. The Balaban J connectivity index is 0.000000563. The number of rotatable bonds is 2. The van der Waals surface area contributed by atoms with Gasteiger partial charge in [0.2, 0.25) is 0 Å². The summed E-state index contributed by atoms with van der Waals surface area (Å²) in [6.07, 6.45) is 23.2. The van der Waals surface area contributed by atoms with Crippen molar-refractivity contribution >= 4 is 59.0 Å². The zero-order valence-electron chi connectivity index (χ0n) is 21.9. The molecule has 2 aromatic carbocycles. The third-order valence-electron chi connectivity index (χ3n) is 5.10. The van der Waals surface area contributed by atoms with Crippen molar-refractivity contribution < 1.29 is 80.0 Å². The Labute approximate surface area is 266 Å². The van der Waals surface area contributed by atoms with Crippen molar-refractivity contribution in [3.63, 3.8) is 0 Å². The Morgan fingerprint density at radius 2 is 0.732 bits per heavy atom. The number of fused-ring (bicyclic) bond motifs is 6. The number of hydrogen-bond acceptors (Lipinski definition) is 4. The van der Waals surface area contributed by atoms with Crippen LogP contribution in [0.5, 0.6) is 0 Å². The van der Waals surface area contributed by atoms with E-state index < -0.39 is 11.9 Å². The van der Waals surface area contributed by atoms with Crippen LogP contribution in [0.1, 0.15) is 0 Å². The van der Waals surface area contributed by atoms with Gasteiger partial charge in [-0.25, -0.2) is 0 Å². The molecule has 0 amide bonds. The maximum Gasteiger partial charge on any atom is 3.00 e. The molecule has 41 heavy (non-hydrogen) atoms. The zero-order chi connectivity index (χ0) is 27.3. The second-order valence-corrected chi connectivity index (χ2v) is 7.68. The van der Waals surface area contributed by atoms with E-state index in [9.17, 15) is 19.8 Å². The third-order valence-corrected chi connectivity index (χ3v) is 5.10. The second kappa shape index (κ2) is 19.2. The van der Waals surface area contributed by atoms with Gasteiger partial charge >= 0.3 is 37.7 Å². The molecule has 0 atom stereocenters. The molecule has 12 nitrogen and oxygen atoms in total. The van der Waals surface area contributed by atoms with Crippen LogP contribution in [-0.2, 0) is 20.5 Å². The van der Waals surface area contributed by atoms with Crippen molar-refractivity contribution in [3.8, 4) is 0 Å². The van der Waals surface area contributed by atoms with Crippen molar-refractivity contribution in [2.24, 2.45) is 0 Å². The molecule has 0 radical (unpaired) electrons. The molecule has 0 aromatic heterocycles. The average molecular weight is 714 g/mol. The fourth-order valence-corrected chi connectivity index (χ4v) is 3.36. The van der Waals surface area contributed by atoms with E-state index in [1.807, 2.05) is 24.3 Å². The van der Waals surface area contributed by atoms with E-state index in [4.69, 9.17) is 0 Å². The number of aliphatic carboxylic acids is 2. The molecule has 4 aliphatic rings. The first-order chi connectivity index (χ1) is 18.4. The molecule has 4 heterocycles. The SMILES string of the molecule is C1=C[N-]c2c3c(ccc2=C1)=CC=C[N-]3.C1=C[N-]c2c3c(ccc2=C1)=CC=C[N-]3.[Ho+3].[NH3+]CC(=O)[O-].[NH3+]CC(=O)[O-].[OH3+].[OH3+]. The zero-order valence-corrected chi connectivity index (χ0v) is 23.9. The van der Waals surface area contributed by atoms with E-state index in [2.05, 4.69) is 81.3 Å².